The van der Waals surface area contributed by atoms with E-state index in [0.29, 0.717) is 23.9 Å². The van der Waals surface area contributed by atoms with Gasteiger partial charge < -0.3 is 15.4 Å². The van der Waals surface area contributed by atoms with Crippen molar-refractivity contribution in [3.05, 3.63) is 36.0 Å². The van der Waals surface area contributed by atoms with E-state index in [4.69, 9.17) is 5.11 Å². The highest BCUT2D eigenvalue weighted by Gasteiger charge is 2.13. The standard InChI is InChI=1S/C17H24N2O2/c1-12(2)9-13(6-8-20)11-19-17(21)15-3-4-16-14(10-15)5-7-18-16/h3-5,7,10,12-13,18,20H,6,8-9,11H2,1-2H3,(H,19,21). The molecule has 0 aliphatic heterocycles. The average Bonchev–Trinajstić information content (AvgIpc) is 2.91. The molecule has 0 aliphatic rings. The molecule has 0 bridgehead atoms. The van der Waals surface area contributed by atoms with E-state index in [1.54, 1.807) is 0 Å². The molecule has 0 aliphatic carbocycles. The van der Waals surface area contributed by atoms with Gasteiger partial charge in [-0.3, -0.25) is 4.79 Å². The summed E-state index contributed by atoms with van der Waals surface area (Å²) in [6.07, 6.45) is 3.61. The number of carbonyl (C=O) groups excluding carboxylic acids is 1. The molecule has 4 heteroatoms. The lowest BCUT2D eigenvalue weighted by atomic mass is 9.94. The number of rotatable bonds is 7. The van der Waals surface area contributed by atoms with Crippen LogP contribution < -0.4 is 5.32 Å². The van der Waals surface area contributed by atoms with E-state index >= 15 is 0 Å². The van der Waals surface area contributed by atoms with Crippen LogP contribution in [-0.4, -0.2) is 29.1 Å². The largest absolute Gasteiger partial charge is 0.396 e. The van der Waals surface area contributed by atoms with E-state index in [2.05, 4.69) is 24.1 Å². The van der Waals surface area contributed by atoms with Crippen molar-refractivity contribution in [3.8, 4) is 0 Å². The summed E-state index contributed by atoms with van der Waals surface area (Å²) in [5.74, 6) is 0.842. The molecule has 2 rings (SSSR count). The molecule has 21 heavy (non-hydrogen) atoms. The fraction of sp³-hybridized carbons (Fsp3) is 0.471. The lowest BCUT2D eigenvalue weighted by Gasteiger charge is -2.18. The van der Waals surface area contributed by atoms with Gasteiger partial charge in [-0.1, -0.05) is 13.8 Å². The molecule has 1 heterocycles. The molecule has 114 valence electrons. The summed E-state index contributed by atoms with van der Waals surface area (Å²) < 4.78 is 0. The van der Waals surface area contributed by atoms with Gasteiger partial charge in [0.15, 0.2) is 0 Å². The van der Waals surface area contributed by atoms with Gasteiger partial charge >= 0.3 is 0 Å². The number of hydrogen-bond donors (Lipinski definition) is 3. The molecule has 0 saturated heterocycles. The topological polar surface area (TPSA) is 65.1 Å². The molecule has 0 fully saturated rings. The maximum atomic E-state index is 12.2. The van der Waals surface area contributed by atoms with Crippen LogP contribution >= 0.6 is 0 Å². The number of fused-ring (bicyclic) bond motifs is 1. The number of H-pyrrole nitrogens is 1. The van der Waals surface area contributed by atoms with Crippen molar-refractivity contribution >= 4 is 16.8 Å². The number of carbonyl (C=O) groups is 1. The number of aromatic amines is 1. The van der Waals surface area contributed by atoms with E-state index < -0.39 is 0 Å². The number of aliphatic hydroxyl groups excluding tert-OH is 1. The predicted molar refractivity (Wildman–Crippen MR) is 85.3 cm³/mol. The quantitative estimate of drug-likeness (QED) is 0.733. The highest BCUT2D eigenvalue weighted by Crippen LogP contribution is 2.16. The minimum Gasteiger partial charge on any atom is -0.396 e. The number of nitrogens with one attached hydrogen (secondary N) is 2. The van der Waals surface area contributed by atoms with Gasteiger partial charge in [-0.15, -0.1) is 0 Å². The Balaban J connectivity index is 1.96. The van der Waals surface area contributed by atoms with Crippen molar-refractivity contribution in [2.45, 2.75) is 26.7 Å². The molecule has 2 aromatic rings. The van der Waals surface area contributed by atoms with Gasteiger partial charge in [-0.2, -0.15) is 0 Å². The van der Waals surface area contributed by atoms with Crippen LogP contribution in [0.5, 0.6) is 0 Å². The van der Waals surface area contributed by atoms with Gasteiger partial charge in [0, 0.05) is 35.8 Å². The molecular weight excluding hydrogens is 264 g/mol. The fourth-order valence-corrected chi connectivity index (χ4v) is 2.69. The molecule has 0 saturated carbocycles. The Labute approximate surface area is 125 Å². The van der Waals surface area contributed by atoms with E-state index in [-0.39, 0.29) is 12.5 Å². The normalized spacial score (nSPS) is 12.8. The monoisotopic (exact) mass is 288 g/mol. The summed E-state index contributed by atoms with van der Waals surface area (Å²) in [6, 6.07) is 7.60. The average molecular weight is 288 g/mol. The highest BCUT2D eigenvalue weighted by molar-refractivity contribution is 5.98. The Morgan fingerprint density at radius 3 is 2.86 bits per heavy atom. The molecule has 1 aromatic carbocycles. The van der Waals surface area contributed by atoms with Crippen LogP contribution in [0.3, 0.4) is 0 Å². The fourth-order valence-electron chi connectivity index (χ4n) is 2.69. The Hall–Kier alpha value is -1.81. The van der Waals surface area contributed by atoms with Crippen molar-refractivity contribution in [1.82, 2.24) is 10.3 Å². The Kier molecular flexibility index (Phi) is 5.39. The molecule has 1 amide bonds. The molecule has 1 unspecified atom stereocenters. The minimum atomic E-state index is -0.0511. The number of amides is 1. The molecule has 3 N–H and O–H groups in total. The van der Waals surface area contributed by atoms with Crippen molar-refractivity contribution in [3.63, 3.8) is 0 Å². The van der Waals surface area contributed by atoms with Crippen LogP contribution in [0.25, 0.3) is 10.9 Å². The molecule has 0 radical (unpaired) electrons. The third-order valence-corrected chi connectivity index (χ3v) is 3.71. The molecular formula is C17H24N2O2. The highest BCUT2D eigenvalue weighted by atomic mass is 16.3. The molecule has 1 atom stereocenters. The van der Waals surface area contributed by atoms with Gasteiger partial charge in [0.25, 0.3) is 5.91 Å². The summed E-state index contributed by atoms with van der Waals surface area (Å²) in [4.78, 5) is 15.3. The smallest absolute Gasteiger partial charge is 0.251 e. The summed E-state index contributed by atoms with van der Waals surface area (Å²) >= 11 is 0. The second-order valence-electron chi connectivity index (χ2n) is 6.00. The lowest BCUT2D eigenvalue weighted by Crippen LogP contribution is -2.30. The maximum absolute atomic E-state index is 12.2. The summed E-state index contributed by atoms with van der Waals surface area (Å²) in [7, 11) is 0. The second kappa shape index (κ2) is 7.27. The van der Waals surface area contributed by atoms with E-state index in [9.17, 15) is 4.79 Å². The first-order valence-electron chi connectivity index (χ1n) is 7.56. The second-order valence-corrected chi connectivity index (χ2v) is 6.00. The maximum Gasteiger partial charge on any atom is 0.251 e. The zero-order valence-corrected chi connectivity index (χ0v) is 12.7. The van der Waals surface area contributed by atoms with Gasteiger partial charge in [-0.25, -0.2) is 0 Å². The van der Waals surface area contributed by atoms with Crippen molar-refractivity contribution in [1.29, 1.82) is 0 Å². The van der Waals surface area contributed by atoms with Crippen molar-refractivity contribution in [2.75, 3.05) is 13.2 Å². The van der Waals surface area contributed by atoms with Crippen LogP contribution in [0.2, 0.25) is 0 Å². The first-order chi connectivity index (χ1) is 10.1. The SMILES string of the molecule is CC(C)CC(CCO)CNC(=O)c1ccc2[nH]ccc2c1. The Morgan fingerprint density at radius 2 is 2.14 bits per heavy atom. The number of benzene rings is 1. The summed E-state index contributed by atoms with van der Waals surface area (Å²) in [6.45, 7) is 5.10. The first-order valence-corrected chi connectivity index (χ1v) is 7.56. The van der Waals surface area contributed by atoms with Crippen molar-refractivity contribution < 1.29 is 9.90 Å². The number of aliphatic hydroxyl groups is 1. The number of aromatic nitrogens is 1. The van der Waals surface area contributed by atoms with Crippen molar-refractivity contribution in [2.24, 2.45) is 11.8 Å². The minimum absolute atomic E-state index is 0.0511. The van der Waals surface area contributed by atoms with Gasteiger partial charge in [0.2, 0.25) is 0 Å². The summed E-state index contributed by atoms with van der Waals surface area (Å²) in [5, 5.41) is 13.1. The van der Waals surface area contributed by atoms with E-state index in [1.165, 1.54) is 0 Å². The van der Waals surface area contributed by atoms with Gasteiger partial charge in [-0.05, 0) is 48.9 Å². The zero-order chi connectivity index (χ0) is 15.2. The molecule has 4 nitrogen and oxygen atoms in total. The zero-order valence-electron chi connectivity index (χ0n) is 12.7. The molecule has 1 aromatic heterocycles. The van der Waals surface area contributed by atoms with Crippen LogP contribution in [0, 0.1) is 11.8 Å². The van der Waals surface area contributed by atoms with Gasteiger partial charge in [0.05, 0.1) is 0 Å². The Bertz CT molecular complexity index is 589. The lowest BCUT2D eigenvalue weighted by molar-refractivity contribution is 0.0941. The van der Waals surface area contributed by atoms with Crippen LogP contribution in [0.1, 0.15) is 37.0 Å². The number of hydrogen-bond acceptors (Lipinski definition) is 2. The van der Waals surface area contributed by atoms with Crippen LogP contribution in [-0.2, 0) is 0 Å². The van der Waals surface area contributed by atoms with E-state index in [1.807, 2.05) is 30.5 Å². The third-order valence-electron chi connectivity index (χ3n) is 3.71. The van der Waals surface area contributed by atoms with Crippen LogP contribution in [0.4, 0.5) is 0 Å². The van der Waals surface area contributed by atoms with Gasteiger partial charge in [0.1, 0.15) is 0 Å². The third kappa shape index (κ3) is 4.33. The van der Waals surface area contributed by atoms with Crippen LogP contribution in [0.15, 0.2) is 30.5 Å². The first kappa shape index (κ1) is 15.6. The predicted octanol–water partition coefficient (Wildman–Crippen LogP) is 2.94. The Morgan fingerprint density at radius 1 is 1.33 bits per heavy atom. The summed E-state index contributed by atoms with van der Waals surface area (Å²) in [5.41, 5.74) is 1.71. The molecule has 0 spiro atoms. The van der Waals surface area contributed by atoms with E-state index in [0.717, 1.165) is 23.7 Å².